The molecule has 148 valence electrons. The van der Waals surface area contributed by atoms with Crippen molar-refractivity contribution in [3.63, 3.8) is 0 Å². The number of benzene rings is 3. The molecule has 0 fully saturated rings. The standard InChI is InChI=1S/C23H21NO5/c1-3-29-22-17-7-5-4-6-16(17)21(28-2)18-13-24(23(27)20(18)22)15-10-8-14(9-11-15)12-19(25)26/h4-11H,3,12-13H2,1-2H3,(H,25,26). The van der Waals surface area contributed by atoms with Gasteiger partial charge in [0.05, 0.1) is 32.2 Å². The van der Waals surface area contributed by atoms with Crippen LogP contribution in [0, 0.1) is 0 Å². The maximum Gasteiger partial charge on any atom is 0.307 e. The van der Waals surface area contributed by atoms with Gasteiger partial charge in [0, 0.05) is 22.0 Å². The zero-order valence-electron chi connectivity index (χ0n) is 16.3. The molecule has 4 rings (SSSR count). The summed E-state index contributed by atoms with van der Waals surface area (Å²) in [4.78, 5) is 25.9. The molecule has 1 amide bonds. The van der Waals surface area contributed by atoms with E-state index in [2.05, 4.69) is 0 Å². The fourth-order valence-electron chi connectivity index (χ4n) is 3.87. The van der Waals surface area contributed by atoms with Crippen molar-refractivity contribution >= 4 is 28.3 Å². The van der Waals surface area contributed by atoms with Gasteiger partial charge in [-0.05, 0) is 24.6 Å². The number of nitrogens with zero attached hydrogens (tertiary/aromatic N) is 1. The highest BCUT2D eigenvalue weighted by atomic mass is 16.5. The first-order valence-electron chi connectivity index (χ1n) is 9.42. The van der Waals surface area contributed by atoms with Crippen molar-refractivity contribution in [3.8, 4) is 11.5 Å². The highest BCUT2D eigenvalue weighted by molar-refractivity contribution is 6.16. The number of ether oxygens (including phenoxy) is 2. The molecule has 6 heteroatoms. The summed E-state index contributed by atoms with van der Waals surface area (Å²) in [5, 5.41) is 10.7. The van der Waals surface area contributed by atoms with Crippen LogP contribution in [0.3, 0.4) is 0 Å². The summed E-state index contributed by atoms with van der Waals surface area (Å²) in [5.41, 5.74) is 2.71. The summed E-state index contributed by atoms with van der Waals surface area (Å²) in [5.74, 6) is 0.213. The number of carboxylic acids is 1. The Bertz CT molecular complexity index is 1100. The van der Waals surface area contributed by atoms with Crippen molar-refractivity contribution in [1.82, 2.24) is 0 Å². The topological polar surface area (TPSA) is 76.1 Å². The summed E-state index contributed by atoms with van der Waals surface area (Å²) in [7, 11) is 1.61. The van der Waals surface area contributed by atoms with Crippen LogP contribution in [-0.2, 0) is 17.8 Å². The number of aliphatic carboxylic acids is 1. The largest absolute Gasteiger partial charge is 0.496 e. The minimum absolute atomic E-state index is 0.0534. The third-order valence-corrected chi connectivity index (χ3v) is 5.09. The van der Waals surface area contributed by atoms with Gasteiger partial charge in [-0.1, -0.05) is 36.4 Å². The van der Waals surface area contributed by atoms with E-state index < -0.39 is 5.97 Å². The van der Waals surface area contributed by atoms with Crippen LogP contribution in [0.1, 0.15) is 28.4 Å². The van der Waals surface area contributed by atoms with E-state index in [1.165, 1.54) is 0 Å². The van der Waals surface area contributed by atoms with Crippen LogP contribution >= 0.6 is 0 Å². The summed E-state index contributed by atoms with van der Waals surface area (Å²) in [6.07, 6.45) is -0.0534. The second-order valence-electron chi connectivity index (χ2n) is 6.82. The molecule has 1 aliphatic heterocycles. The second kappa shape index (κ2) is 7.47. The molecule has 1 heterocycles. The lowest BCUT2D eigenvalue weighted by atomic mass is 9.99. The Morgan fingerprint density at radius 2 is 1.72 bits per heavy atom. The summed E-state index contributed by atoms with van der Waals surface area (Å²) in [6, 6.07) is 14.7. The molecule has 0 radical (unpaired) electrons. The van der Waals surface area contributed by atoms with E-state index in [1.807, 2.05) is 31.2 Å². The number of fused-ring (bicyclic) bond motifs is 2. The quantitative estimate of drug-likeness (QED) is 0.686. The second-order valence-corrected chi connectivity index (χ2v) is 6.82. The van der Waals surface area contributed by atoms with E-state index >= 15 is 0 Å². The molecular weight excluding hydrogens is 370 g/mol. The van der Waals surface area contributed by atoms with Gasteiger partial charge in [0.1, 0.15) is 11.5 Å². The average molecular weight is 391 g/mol. The zero-order chi connectivity index (χ0) is 20.5. The molecule has 0 unspecified atom stereocenters. The first-order chi connectivity index (χ1) is 14.0. The van der Waals surface area contributed by atoms with Crippen LogP contribution in [0.5, 0.6) is 11.5 Å². The molecule has 0 bridgehead atoms. The van der Waals surface area contributed by atoms with Gasteiger partial charge in [-0.15, -0.1) is 0 Å². The average Bonchev–Trinajstić information content (AvgIpc) is 3.05. The number of anilines is 1. The van der Waals surface area contributed by atoms with E-state index in [1.54, 1.807) is 36.3 Å². The monoisotopic (exact) mass is 391 g/mol. The lowest BCUT2D eigenvalue weighted by Crippen LogP contribution is -2.23. The Balaban J connectivity index is 1.82. The maximum atomic E-state index is 13.4. The van der Waals surface area contributed by atoms with Gasteiger partial charge in [-0.2, -0.15) is 0 Å². The van der Waals surface area contributed by atoms with E-state index in [-0.39, 0.29) is 12.3 Å². The van der Waals surface area contributed by atoms with Crippen LogP contribution in [0.4, 0.5) is 5.69 Å². The Hall–Kier alpha value is -3.54. The van der Waals surface area contributed by atoms with Gasteiger partial charge in [-0.3, -0.25) is 9.59 Å². The van der Waals surface area contributed by atoms with E-state index in [0.717, 1.165) is 16.3 Å². The number of amides is 1. The molecule has 1 aliphatic rings. The Morgan fingerprint density at radius 3 is 2.31 bits per heavy atom. The molecule has 29 heavy (non-hydrogen) atoms. The van der Waals surface area contributed by atoms with Gasteiger partial charge < -0.3 is 19.5 Å². The molecule has 3 aromatic rings. The molecule has 0 aromatic heterocycles. The van der Waals surface area contributed by atoms with Crippen LogP contribution in [-0.4, -0.2) is 30.7 Å². The minimum atomic E-state index is -0.889. The van der Waals surface area contributed by atoms with Gasteiger partial charge in [0.2, 0.25) is 0 Å². The fourth-order valence-corrected chi connectivity index (χ4v) is 3.87. The van der Waals surface area contributed by atoms with Crippen molar-refractivity contribution in [1.29, 1.82) is 0 Å². The number of rotatable bonds is 6. The summed E-state index contributed by atoms with van der Waals surface area (Å²) in [6.45, 7) is 2.70. The van der Waals surface area contributed by atoms with E-state index in [4.69, 9.17) is 14.6 Å². The molecule has 0 saturated carbocycles. The SMILES string of the molecule is CCOc1c2c(c(OC)c3ccccc13)CN(c1ccc(CC(=O)O)cc1)C2=O. The molecule has 0 saturated heterocycles. The molecule has 0 atom stereocenters. The number of carbonyl (C=O) groups excluding carboxylic acids is 1. The Labute approximate surface area is 168 Å². The van der Waals surface area contributed by atoms with E-state index in [9.17, 15) is 9.59 Å². The number of carbonyl (C=O) groups is 2. The third-order valence-electron chi connectivity index (χ3n) is 5.09. The van der Waals surface area contributed by atoms with Crippen molar-refractivity contribution in [2.75, 3.05) is 18.6 Å². The normalized spacial score (nSPS) is 12.9. The maximum absolute atomic E-state index is 13.4. The first-order valence-corrected chi connectivity index (χ1v) is 9.42. The number of carboxylic acid groups (broad SMARTS) is 1. The molecule has 6 nitrogen and oxygen atoms in total. The number of methoxy groups -OCH3 is 1. The molecular formula is C23H21NO5. The van der Waals surface area contributed by atoms with Crippen LogP contribution in [0.2, 0.25) is 0 Å². The summed E-state index contributed by atoms with van der Waals surface area (Å²) >= 11 is 0. The van der Waals surface area contributed by atoms with Crippen molar-refractivity contribution in [3.05, 3.63) is 65.2 Å². The lowest BCUT2D eigenvalue weighted by molar-refractivity contribution is -0.136. The molecule has 0 aliphatic carbocycles. The number of hydrogen-bond acceptors (Lipinski definition) is 4. The predicted molar refractivity (Wildman–Crippen MR) is 110 cm³/mol. The third kappa shape index (κ3) is 3.16. The highest BCUT2D eigenvalue weighted by Crippen LogP contribution is 2.45. The fraction of sp³-hybridized carbons (Fsp3) is 0.217. The molecule has 1 N–H and O–H groups in total. The minimum Gasteiger partial charge on any atom is -0.496 e. The number of hydrogen-bond donors (Lipinski definition) is 1. The van der Waals surface area contributed by atoms with Crippen LogP contribution in [0.15, 0.2) is 48.5 Å². The van der Waals surface area contributed by atoms with Gasteiger partial charge in [-0.25, -0.2) is 0 Å². The predicted octanol–water partition coefficient (Wildman–Crippen LogP) is 4.03. The highest BCUT2D eigenvalue weighted by Gasteiger charge is 2.36. The molecule has 0 spiro atoms. The van der Waals surface area contributed by atoms with Gasteiger partial charge in [0.25, 0.3) is 5.91 Å². The Morgan fingerprint density at radius 1 is 1.07 bits per heavy atom. The van der Waals surface area contributed by atoms with Gasteiger partial charge >= 0.3 is 5.97 Å². The van der Waals surface area contributed by atoms with Crippen LogP contribution in [0.25, 0.3) is 10.8 Å². The molecule has 3 aromatic carbocycles. The van der Waals surface area contributed by atoms with Crippen molar-refractivity contribution in [2.45, 2.75) is 19.9 Å². The summed E-state index contributed by atoms with van der Waals surface area (Å²) < 4.78 is 11.6. The lowest BCUT2D eigenvalue weighted by Gasteiger charge is -2.16. The van der Waals surface area contributed by atoms with Crippen LogP contribution < -0.4 is 14.4 Å². The van der Waals surface area contributed by atoms with E-state index in [0.29, 0.717) is 41.5 Å². The van der Waals surface area contributed by atoms with Gasteiger partial charge in [0.15, 0.2) is 0 Å². The zero-order valence-corrected chi connectivity index (χ0v) is 16.3. The Kier molecular flexibility index (Phi) is 4.84. The van der Waals surface area contributed by atoms with Crippen molar-refractivity contribution < 1.29 is 24.2 Å². The first kappa shape index (κ1) is 18.8. The van der Waals surface area contributed by atoms with Crippen molar-refractivity contribution in [2.24, 2.45) is 0 Å². The smallest absolute Gasteiger partial charge is 0.307 e.